The van der Waals surface area contributed by atoms with Crippen molar-refractivity contribution in [3.05, 3.63) is 28.4 Å². The van der Waals surface area contributed by atoms with E-state index < -0.39 is 0 Å². The lowest BCUT2D eigenvalue weighted by Crippen LogP contribution is -2.07. The van der Waals surface area contributed by atoms with Gasteiger partial charge in [-0.25, -0.2) is 4.85 Å². The molecule has 1 rings (SSSR count). The van der Waals surface area contributed by atoms with Gasteiger partial charge in [-0.15, -0.1) is 0 Å². The van der Waals surface area contributed by atoms with Gasteiger partial charge in [0.1, 0.15) is 0 Å². The van der Waals surface area contributed by atoms with E-state index in [1.807, 2.05) is 12.1 Å². The first-order valence-corrected chi connectivity index (χ1v) is 4.33. The van der Waals surface area contributed by atoms with Gasteiger partial charge in [0.25, 0.3) is 0 Å². The number of nitrogens with zero attached hydrogens (tertiary/aromatic N) is 1. The molecule has 1 aromatic heterocycles. The molecule has 0 aliphatic rings. The molecule has 0 aliphatic carbocycles. The third-order valence-electron chi connectivity index (χ3n) is 1.44. The van der Waals surface area contributed by atoms with E-state index in [9.17, 15) is 0 Å². The van der Waals surface area contributed by atoms with Crippen LogP contribution in [0.25, 0.3) is 4.85 Å². The second-order valence-electron chi connectivity index (χ2n) is 3.50. The van der Waals surface area contributed by atoms with Crippen molar-refractivity contribution in [3.8, 4) is 0 Å². The van der Waals surface area contributed by atoms with E-state index in [1.165, 1.54) is 4.88 Å². The van der Waals surface area contributed by atoms with Crippen LogP contribution in [0.5, 0.6) is 0 Å². The van der Waals surface area contributed by atoms with Crippen LogP contribution in [0, 0.1) is 6.57 Å². The molecule has 58 valence electrons. The highest BCUT2D eigenvalue weighted by molar-refractivity contribution is 7.16. The average molecular weight is 165 g/mol. The van der Waals surface area contributed by atoms with Gasteiger partial charge in [-0.2, -0.15) is 11.3 Å². The van der Waals surface area contributed by atoms with E-state index in [2.05, 4.69) is 25.6 Å². The Morgan fingerprint density at radius 1 is 1.36 bits per heavy atom. The van der Waals surface area contributed by atoms with Crippen LogP contribution in [0.2, 0.25) is 0 Å². The molecule has 2 heteroatoms. The van der Waals surface area contributed by atoms with Crippen LogP contribution < -0.4 is 0 Å². The largest absolute Gasteiger partial charge is 0.241 e. The van der Waals surface area contributed by atoms with Gasteiger partial charge in [-0.3, -0.25) is 0 Å². The summed E-state index contributed by atoms with van der Waals surface area (Å²) >= 11 is 1.59. The molecule has 1 aromatic rings. The second kappa shape index (κ2) is 2.67. The maximum absolute atomic E-state index is 6.80. The summed E-state index contributed by atoms with van der Waals surface area (Å²) in [6, 6.07) is 3.93. The van der Waals surface area contributed by atoms with E-state index >= 15 is 0 Å². The Kier molecular flexibility index (Phi) is 2.01. The monoisotopic (exact) mass is 165 g/mol. The molecule has 0 radical (unpaired) electrons. The minimum atomic E-state index is 0.188. The van der Waals surface area contributed by atoms with Gasteiger partial charge in [0.15, 0.2) is 0 Å². The van der Waals surface area contributed by atoms with Crippen LogP contribution in [0.1, 0.15) is 25.6 Å². The van der Waals surface area contributed by atoms with Crippen molar-refractivity contribution in [2.75, 3.05) is 0 Å². The molecule has 11 heavy (non-hydrogen) atoms. The van der Waals surface area contributed by atoms with E-state index in [0.717, 1.165) is 5.00 Å². The smallest absolute Gasteiger partial charge is 0.227 e. The van der Waals surface area contributed by atoms with Gasteiger partial charge in [0.2, 0.25) is 5.00 Å². The first kappa shape index (κ1) is 8.29. The minimum absolute atomic E-state index is 0.188. The molecule has 0 atom stereocenters. The van der Waals surface area contributed by atoms with Crippen molar-refractivity contribution in [1.29, 1.82) is 0 Å². The number of rotatable bonds is 0. The van der Waals surface area contributed by atoms with Gasteiger partial charge in [-0.05, 0) is 16.4 Å². The Balaban J connectivity index is 3.01. The lowest BCUT2D eigenvalue weighted by molar-refractivity contribution is 0.604. The molecule has 1 heterocycles. The predicted octanol–water partition coefficient (Wildman–Crippen LogP) is 3.60. The van der Waals surface area contributed by atoms with Crippen LogP contribution in [0.4, 0.5) is 5.00 Å². The minimum Gasteiger partial charge on any atom is -0.227 e. The maximum Gasteiger partial charge on any atom is 0.241 e. The Hall–Kier alpha value is -0.810. The zero-order valence-electron chi connectivity index (χ0n) is 7.01. The highest BCUT2D eigenvalue weighted by atomic mass is 32.1. The molecule has 0 N–H and O–H groups in total. The summed E-state index contributed by atoms with van der Waals surface area (Å²) in [6.45, 7) is 13.3. The lowest BCUT2D eigenvalue weighted by atomic mass is 9.95. The Morgan fingerprint density at radius 2 is 2.00 bits per heavy atom. The van der Waals surface area contributed by atoms with Crippen molar-refractivity contribution < 1.29 is 0 Å². The molecular weight excluding hydrogens is 154 g/mol. The average Bonchev–Trinajstić information content (AvgIpc) is 2.32. The molecule has 0 amide bonds. The van der Waals surface area contributed by atoms with Crippen molar-refractivity contribution in [2.24, 2.45) is 0 Å². The molecule has 1 nitrogen and oxygen atoms in total. The molecule has 0 saturated carbocycles. The second-order valence-corrected chi connectivity index (χ2v) is 4.56. The van der Waals surface area contributed by atoms with E-state index in [1.54, 1.807) is 11.3 Å². The van der Waals surface area contributed by atoms with E-state index in [-0.39, 0.29) is 5.41 Å². The fourth-order valence-electron chi connectivity index (χ4n) is 0.791. The third kappa shape index (κ3) is 1.81. The summed E-state index contributed by atoms with van der Waals surface area (Å²) in [5.74, 6) is 0. The van der Waals surface area contributed by atoms with Crippen LogP contribution in [0.15, 0.2) is 12.1 Å². The summed E-state index contributed by atoms with van der Waals surface area (Å²) in [7, 11) is 0. The van der Waals surface area contributed by atoms with Crippen LogP contribution in [-0.2, 0) is 5.41 Å². The van der Waals surface area contributed by atoms with Gasteiger partial charge in [0.05, 0.1) is 6.57 Å². The van der Waals surface area contributed by atoms with Crippen molar-refractivity contribution in [1.82, 2.24) is 0 Å². The van der Waals surface area contributed by atoms with Gasteiger partial charge < -0.3 is 0 Å². The number of hydrogen-bond acceptors (Lipinski definition) is 1. The van der Waals surface area contributed by atoms with Gasteiger partial charge in [0, 0.05) is 0 Å². The molecule has 0 unspecified atom stereocenters. The summed E-state index contributed by atoms with van der Waals surface area (Å²) in [6.07, 6.45) is 0. The molecule has 0 fully saturated rings. The normalized spacial score (nSPS) is 11.1. The van der Waals surface area contributed by atoms with Crippen molar-refractivity contribution in [2.45, 2.75) is 26.2 Å². The fourth-order valence-corrected chi connectivity index (χ4v) is 1.64. The summed E-state index contributed by atoms with van der Waals surface area (Å²) < 4.78 is 0. The van der Waals surface area contributed by atoms with E-state index in [4.69, 9.17) is 6.57 Å². The van der Waals surface area contributed by atoms with Crippen LogP contribution >= 0.6 is 11.3 Å². The Labute approximate surface area is 71.5 Å². The molecule has 0 spiro atoms. The molecule has 0 saturated heterocycles. The summed E-state index contributed by atoms with van der Waals surface area (Å²) in [5, 5.41) is 0.787. The van der Waals surface area contributed by atoms with Crippen LogP contribution in [-0.4, -0.2) is 0 Å². The fraction of sp³-hybridized carbons (Fsp3) is 0.444. The van der Waals surface area contributed by atoms with Crippen molar-refractivity contribution >= 4 is 16.3 Å². The standard InChI is InChI=1S/C9H11NS/c1-9(2,3)7-5-6-8(10-4)11-7/h5-6H,1-3H3. The van der Waals surface area contributed by atoms with Gasteiger partial charge >= 0.3 is 0 Å². The van der Waals surface area contributed by atoms with Gasteiger partial charge in [-0.1, -0.05) is 26.8 Å². The first-order valence-electron chi connectivity index (χ1n) is 3.52. The molecule has 0 bridgehead atoms. The third-order valence-corrected chi connectivity index (χ3v) is 2.85. The Bertz CT molecular complexity index is 285. The summed E-state index contributed by atoms with van der Waals surface area (Å²) in [5.41, 5.74) is 0.188. The van der Waals surface area contributed by atoms with Crippen LogP contribution in [0.3, 0.4) is 0 Å². The zero-order valence-corrected chi connectivity index (χ0v) is 7.83. The molecule has 0 aliphatic heterocycles. The zero-order chi connectivity index (χ0) is 8.48. The molecular formula is C9H11NS. The summed E-state index contributed by atoms with van der Waals surface area (Å²) in [4.78, 5) is 4.65. The SMILES string of the molecule is [C-]#[N+]c1ccc(C(C)(C)C)s1. The first-order chi connectivity index (χ1) is 5.04. The highest BCUT2D eigenvalue weighted by Crippen LogP contribution is 2.33. The maximum atomic E-state index is 6.80. The Morgan fingerprint density at radius 3 is 2.27 bits per heavy atom. The quantitative estimate of drug-likeness (QED) is 0.517. The number of thiophene rings is 1. The highest BCUT2D eigenvalue weighted by Gasteiger charge is 2.15. The topological polar surface area (TPSA) is 4.36 Å². The molecule has 0 aromatic carbocycles. The number of hydrogen-bond donors (Lipinski definition) is 0. The lowest BCUT2D eigenvalue weighted by Gasteiger charge is -2.15. The van der Waals surface area contributed by atoms with E-state index in [0.29, 0.717) is 0 Å². The van der Waals surface area contributed by atoms with Crippen molar-refractivity contribution in [3.63, 3.8) is 0 Å². The predicted molar refractivity (Wildman–Crippen MR) is 49.3 cm³/mol.